The van der Waals surface area contributed by atoms with Crippen molar-refractivity contribution in [3.05, 3.63) is 58.9 Å². The maximum absolute atomic E-state index is 12.5. The predicted octanol–water partition coefficient (Wildman–Crippen LogP) is 6.37. The summed E-state index contributed by atoms with van der Waals surface area (Å²) in [6, 6.07) is 8.51. The van der Waals surface area contributed by atoms with Crippen molar-refractivity contribution in [2.45, 2.75) is 48.0 Å². The van der Waals surface area contributed by atoms with Gasteiger partial charge in [0.1, 0.15) is 11.3 Å². The highest BCUT2D eigenvalue weighted by atomic mass is 16.5. The van der Waals surface area contributed by atoms with Gasteiger partial charge >= 0.3 is 0 Å². The molecule has 0 fully saturated rings. The van der Waals surface area contributed by atoms with Crippen LogP contribution < -0.4 is 10.1 Å². The molecule has 0 unspecified atom stereocenters. The molecule has 0 aliphatic rings. The van der Waals surface area contributed by atoms with Crippen LogP contribution in [0.25, 0.3) is 27.7 Å². The zero-order valence-electron chi connectivity index (χ0n) is 20.6. The summed E-state index contributed by atoms with van der Waals surface area (Å²) < 4.78 is 17.4. The van der Waals surface area contributed by atoms with Crippen molar-refractivity contribution in [2.75, 3.05) is 26.4 Å². The largest absolute Gasteiger partial charge is 0.493 e. The summed E-state index contributed by atoms with van der Waals surface area (Å²) in [5, 5.41) is 3.95. The van der Waals surface area contributed by atoms with Gasteiger partial charge in [0.25, 0.3) is 0 Å². The highest BCUT2D eigenvalue weighted by molar-refractivity contribution is 6.02. The zero-order chi connectivity index (χ0) is 24.0. The Kier molecular flexibility index (Phi) is 8.34. The second-order valence-corrected chi connectivity index (χ2v) is 8.32. The van der Waals surface area contributed by atoms with Gasteiger partial charge in [0, 0.05) is 47.9 Å². The van der Waals surface area contributed by atoms with Crippen LogP contribution in [0.1, 0.15) is 49.4 Å². The van der Waals surface area contributed by atoms with E-state index in [1.54, 1.807) is 6.08 Å². The van der Waals surface area contributed by atoms with Gasteiger partial charge in [-0.1, -0.05) is 23.8 Å². The first-order valence-electron chi connectivity index (χ1n) is 11.7. The molecule has 3 aromatic rings. The fourth-order valence-electron chi connectivity index (χ4n) is 4.12. The number of amides is 1. The molecule has 33 heavy (non-hydrogen) atoms. The molecule has 0 saturated heterocycles. The molecule has 2 aromatic carbocycles. The smallest absolute Gasteiger partial charge is 0.244 e. The third-order valence-electron chi connectivity index (χ3n) is 5.75. The van der Waals surface area contributed by atoms with E-state index in [9.17, 15) is 4.79 Å². The van der Waals surface area contributed by atoms with E-state index in [1.165, 1.54) is 11.1 Å². The normalized spacial score (nSPS) is 11.8. The summed E-state index contributed by atoms with van der Waals surface area (Å²) in [6.45, 7) is 14.5. The Morgan fingerprint density at radius 2 is 1.88 bits per heavy atom. The summed E-state index contributed by atoms with van der Waals surface area (Å²) in [7, 11) is 0. The van der Waals surface area contributed by atoms with Crippen LogP contribution in [0, 0.1) is 20.8 Å². The fraction of sp³-hybridized carbons (Fsp3) is 0.393. The minimum absolute atomic E-state index is 0.119. The molecule has 1 N–H and O–H groups in total. The molecular weight excluding hydrogens is 414 g/mol. The molecule has 0 spiro atoms. The standard InChI is InChI=1S/C28H35NO4/c1-7-31-13-9-12-29-26(30)15-20(5)23-16-24-25(22-11-10-18(3)14-19(22)4)17-33-28(24)21(6)27(23)32-8-2/h10-11,14-17H,7-9,12-13H2,1-6H3,(H,29,30)/b20-15+. The Balaban J connectivity index is 2.00. The van der Waals surface area contributed by atoms with E-state index in [0.29, 0.717) is 26.4 Å². The van der Waals surface area contributed by atoms with Gasteiger partial charge in [-0.2, -0.15) is 0 Å². The van der Waals surface area contributed by atoms with E-state index in [4.69, 9.17) is 13.9 Å². The van der Waals surface area contributed by atoms with Crippen LogP contribution in [-0.4, -0.2) is 32.3 Å². The third kappa shape index (κ3) is 5.66. The third-order valence-corrected chi connectivity index (χ3v) is 5.75. The fourth-order valence-corrected chi connectivity index (χ4v) is 4.12. The molecule has 1 aromatic heterocycles. The molecule has 5 heteroatoms. The van der Waals surface area contributed by atoms with Crippen LogP contribution in [-0.2, 0) is 9.53 Å². The van der Waals surface area contributed by atoms with Crippen molar-refractivity contribution in [3.8, 4) is 16.9 Å². The van der Waals surface area contributed by atoms with Crippen molar-refractivity contribution < 1.29 is 18.7 Å². The van der Waals surface area contributed by atoms with Crippen LogP contribution in [0.3, 0.4) is 0 Å². The van der Waals surface area contributed by atoms with Gasteiger partial charge in [-0.25, -0.2) is 0 Å². The lowest BCUT2D eigenvalue weighted by atomic mass is 9.94. The monoisotopic (exact) mass is 449 g/mol. The minimum Gasteiger partial charge on any atom is -0.493 e. The summed E-state index contributed by atoms with van der Waals surface area (Å²) in [6.07, 6.45) is 4.25. The SMILES string of the molecule is CCOCCCNC(=O)/C=C(\C)c1cc2c(-c3ccc(C)cc3C)coc2c(C)c1OCC. The van der Waals surface area contributed by atoms with E-state index in [1.807, 2.05) is 34.0 Å². The number of benzene rings is 2. The first kappa shape index (κ1) is 24.6. The Morgan fingerprint density at radius 1 is 1.09 bits per heavy atom. The number of nitrogens with one attached hydrogen (secondary N) is 1. The van der Waals surface area contributed by atoms with E-state index in [-0.39, 0.29) is 5.91 Å². The molecule has 0 radical (unpaired) electrons. The maximum atomic E-state index is 12.5. The lowest BCUT2D eigenvalue weighted by molar-refractivity contribution is -0.116. The number of carbonyl (C=O) groups is 1. The second kappa shape index (κ2) is 11.2. The van der Waals surface area contributed by atoms with Crippen molar-refractivity contribution in [2.24, 2.45) is 0 Å². The highest BCUT2D eigenvalue weighted by Crippen LogP contribution is 2.41. The number of hydrogen-bond acceptors (Lipinski definition) is 4. The van der Waals surface area contributed by atoms with Crippen molar-refractivity contribution in [3.63, 3.8) is 0 Å². The van der Waals surface area contributed by atoms with Crippen LogP contribution in [0.2, 0.25) is 0 Å². The Bertz CT molecular complexity index is 1160. The summed E-state index contributed by atoms with van der Waals surface area (Å²) in [5.41, 5.74) is 8.11. The molecule has 176 valence electrons. The Labute approximate surface area is 196 Å². The molecule has 0 aliphatic carbocycles. The van der Waals surface area contributed by atoms with E-state index < -0.39 is 0 Å². The van der Waals surface area contributed by atoms with Crippen molar-refractivity contribution in [1.29, 1.82) is 0 Å². The molecule has 1 heterocycles. The lowest BCUT2D eigenvalue weighted by Gasteiger charge is -2.15. The van der Waals surface area contributed by atoms with Crippen molar-refractivity contribution >= 4 is 22.4 Å². The molecule has 0 aliphatic heterocycles. The van der Waals surface area contributed by atoms with Crippen molar-refractivity contribution in [1.82, 2.24) is 5.32 Å². The molecule has 3 rings (SSSR count). The van der Waals surface area contributed by atoms with Gasteiger partial charge in [0.05, 0.1) is 12.9 Å². The van der Waals surface area contributed by atoms with Gasteiger partial charge in [-0.15, -0.1) is 0 Å². The maximum Gasteiger partial charge on any atom is 0.244 e. The van der Waals surface area contributed by atoms with Crippen LogP contribution in [0.15, 0.2) is 41.0 Å². The van der Waals surface area contributed by atoms with Gasteiger partial charge < -0.3 is 19.2 Å². The quantitative estimate of drug-likeness (QED) is 0.289. The first-order valence-corrected chi connectivity index (χ1v) is 11.7. The summed E-state index contributed by atoms with van der Waals surface area (Å²) >= 11 is 0. The molecule has 5 nitrogen and oxygen atoms in total. The van der Waals surface area contributed by atoms with E-state index in [2.05, 4.69) is 43.4 Å². The second-order valence-electron chi connectivity index (χ2n) is 8.32. The molecule has 1 amide bonds. The number of carbonyl (C=O) groups excluding carboxylic acids is 1. The number of ether oxygens (including phenoxy) is 2. The average Bonchev–Trinajstić information content (AvgIpc) is 3.19. The summed E-state index contributed by atoms with van der Waals surface area (Å²) in [5.74, 6) is 0.635. The minimum atomic E-state index is -0.119. The summed E-state index contributed by atoms with van der Waals surface area (Å²) in [4.78, 5) is 12.5. The van der Waals surface area contributed by atoms with Crippen LogP contribution in [0.5, 0.6) is 5.75 Å². The Hall–Kier alpha value is -3.05. The average molecular weight is 450 g/mol. The van der Waals surface area contributed by atoms with Crippen LogP contribution in [0.4, 0.5) is 0 Å². The van der Waals surface area contributed by atoms with Gasteiger partial charge in [0.2, 0.25) is 5.91 Å². The molecule has 0 saturated carbocycles. The number of rotatable bonds is 10. The first-order chi connectivity index (χ1) is 15.9. The lowest BCUT2D eigenvalue weighted by Crippen LogP contribution is -2.23. The highest BCUT2D eigenvalue weighted by Gasteiger charge is 2.19. The molecular formula is C28H35NO4. The molecule has 0 bridgehead atoms. The van der Waals surface area contributed by atoms with Gasteiger partial charge in [0.15, 0.2) is 0 Å². The number of fused-ring (bicyclic) bond motifs is 1. The number of allylic oxidation sites excluding steroid dienone is 1. The number of hydrogen-bond donors (Lipinski definition) is 1. The predicted molar refractivity (Wildman–Crippen MR) is 135 cm³/mol. The van der Waals surface area contributed by atoms with Gasteiger partial charge in [-0.05, 0) is 70.7 Å². The van der Waals surface area contributed by atoms with Crippen LogP contribution >= 0.6 is 0 Å². The number of furan rings is 1. The topological polar surface area (TPSA) is 60.7 Å². The number of aryl methyl sites for hydroxylation is 3. The molecule has 0 atom stereocenters. The zero-order valence-corrected chi connectivity index (χ0v) is 20.6. The van der Waals surface area contributed by atoms with Gasteiger partial charge in [-0.3, -0.25) is 4.79 Å². The Morgan fingerprint density at radius 3 is 2.58 bits per heavy atom. The van der Waals surface area contributed by atoms with E-state index >= 15 is 0 Å². The van der Waals surface area contributed by atoms with E-state index in [0.717, 1.165) is 51.0 Å².